The van der Waals surface area contributed by atoms with Crippen molar-refractivity contribution in [3.63, 3.8) is 0 Å². The van der Waals surface area contributed by atoms with Crippen LogP contribution in [0.25, 0.3) is 5.69 Å². The van der Waals surface area contributed by atoms with Gasteiger partial charge in [-0.3, -0.25) is 4.98 Å². The molecule has 0 amide bonds. The lowest BCUT2D eigenvalue weighted by atomic mass is 10.1. The van der Waals surface area contributed by atoms with Gasteiger partial charge in [-0.15, -0.1) is 0 Å². The van der Waals surface area contributed by atoms with Crippen molar-refractivity contribution < 1.29 is 4.39 Å². The molecule has 0 bridgehead atoms. The Balaban J connectivity index is 0.000000157. The van der Waals surface area contributed by atoms with Crippen LogP contribution in [0.1, 0.15) is 22.3 Å². The number of rotatable bonds is 1. The average Bonchev–Trinajstić information content (AvgIpc) is 3.22. The lowest BCUT2D eigenvalue weighted by Crippen LogP contribution is -1.88. The number of hydrogen-bond acceptors (Lipinski definition) is 2. The minimum atomic E-state index is -0.124. The molecule has 0 aliphatic heterocycles. The first kappa shape index (κ1) is 21.0. The zero-order valence-electron chi connectivity index (χ0n) is 16.8. The maximum absolute atomic E-state index is 12.5. The van der Waals surface area contributed by atoms with E-state index in [0.717, 1.165) is 16.8 Å². The van der Waals surface area contributed by atoms with Gasteiger partial charge in [-0.25, -0.2) is 9.37 Å². The van der Waals surface area contributed by atoms with Crippen molar-refractivity contribution in [2.24, 2.45) is 0 Å². The predicted molar refractivity (Wildman–Crippen MR) is 113 cm³/mol. The largest absolute Gasteiger partial charge is 0.306 e. The summed E-state index contributed by atoms with van der Waals surface area (Å²) >= 11 is 0. The second-order valence-electron chi connectivity index (χ2n) is 6.58. The van der Waals surface area contributed by atoms with Gasteiger partial charge in [0.15, 0.2) is 0 Å². The third-order valence-electron chi connectivity index (χ3n) is 4.00. The smallest absolute Gasteiger partial charge is 0.126 e. The van der Waals surface area contributed by atoms with Crippen molar-refractivity contribution in [2.45, 2.75) is 27.7 Å². The first-order valence-corrected chi connectivity index (χ1v) is 9.10. The highest BCUT2D eigenvalue weighted by molar-refractivity contribution is 5.33. The summed E-state index contributed by atoms with van der Waals surface area (Å²) in [6, 6.07) is 17.4. The van der Waals surface area contributed by atoms with Crippen LogP contribution in [0.5, 0.6) is 0 Å². The van der Waals surface area contributed by atoms with Crippen molar-refractivity contribution >= 4 is 0 Å². The summed E-state index contributed by atoms with van der Waals surface area (Å²) in [5.74, 6) is -0.124. The highest BCUT2D eigenvalue weighted by atomic mass is 19.1. The molecule has 0 spiro atoms. The summed E-state index contributed by atoms with van der Waals surface area (Å²) in [7, 11) is 0. The first-order valence-electron chi connectivity index (χ1n) is 9.10. The fourth-order valence-electron chi connectivity index (χ4n) is 2.35. The summed E-state index contributed by atoms with van der Waals surface area (Å²) < 4.78 is 14.5. The average molecular weight is 375 g/mol. The first-order chi connectivity index (χ1) is 13.5. The molecule has 4 rings (SSSR count). The molecule has 144 valence electrons. The zero-order valence-corrected chi connectivity index (χ0v) is 16.8. The number of halogens is 1. The second kappa shape index (κ2) is 10.8. The number of aromatic nitrogens is 3. The van der Waals surface area contributed by atoms with Gasteiger partial charge >= 0.3 is 0 Å². The monoisotopic (exact) mass is 375 g/mol. The van der Waals surface area contributed by atoms with Crippen molar-refractivity contribution in [1.29, 1.82) is 0 Å². The third-order valence-corrected chi connectivity index (χ3v) is 4.00. The molecule has 0 N–H and O–H groups in total. The molecule has 2 aromatic carbocycles. The number of benzene rings is 2. The molecule has 0 unspecified atom stereocenters. The molecule has 28 heavy (non-hydrogen) atoms. The van der Waals surface area contributed by atoms with Gasteiger partial charge in [-0.2, -0.15) is 0 Å². The molecule has 0 aliphatic carbocycles. The fraction of sp³-hybridized carbons (Fsp3) is 0.167. The Morgan fingerprint density at radius 1 is 0.679 bits per heavy atom. The Bertz CT molecular complexity index is 947. The van der Waals surface area contributed by atoms with Crippen LogP contribution in [0.15, 0.2) is 85.7 Å². The van der Waals surface area contributed by atoms with Gasteiger partial charge in [0.2, 0.25) is 0 Å². The van der Waals surface area contributed by atoms with Gasteiger partial charge in [0.25, 0.3) is 0 Å². The van der Waals surface area contributed by atoms with E-state index in [4.69, 9.17) is 0 Å². The van der Waals surface area contributed by atoms with Crippen LogP contribution in [0, 0.1) is 33.5 Å². The van der Waals surface area contributed by atoms with Crippen LogP contribution in [0.2, 0.25) is 0 Å². The van der Waals surface area contributed by atoms with E-state index >= 15 is 0 Å². The molecule has 0 atom stereocenters. The van der Waals surface area contributed by atoms with Gasteiger partial charge in [0.05, 0.1) is 6.33 Å². The molecule has 2 aromatic heterocycles. The molecule has 4 aromatic rings. The Morgan fingerprint density at radius 3 is 1.75 bits per heavy atom. The molecule has 0 saturated heterocycles. The maximum atomic E-state index is 12.5. The quantitative estimate of drug-likeness (QED) is 0.408. The Hall–Kier alpha value is -3.27. The Kier molecular flexibility index (Phi) is 8.10. The number of aryl methyl sites for hydroxylation is 4. The minimum Gasteiger partial charge on any atom is -0.306 e. The predicted octanol–water partition coefficient (Wildman–Crippen LogP) is 6.01. The van der Waals surface area contributed by atoms with Crippen LogP contribution < -0.4 is 0 Å². The van der Waals surface area contributed by atoms with Crippen molar-refractivity contribution in [3.8, 4) is 5.69 Å². The zero-order chi connectivity index (χ0) is 20.4. The number of nitrogens with zero attached hydrogens (tertiary/aromatic N) is 3. The van der Waals surface area contributed by atoms with E-state index in [9.17, 15) is 4.39 Å². The van der Waals surface area contributed by atoms with Crippen molar-refractivity contribution in [3.05, 3.63) is 114 Å². The Labute approximate surface area is 166 Å². The van der Waals surface area contributed by atoms with E-state index in [1.54, 1.807) is 37.9 Å². The summed E-state index contributed by atoms with van der Waals surface area (Å²) in [5.41, 5.74) is 5.51. The topological polar surface area (TPSA) is 30.7 Å². The molecule has 4 heteroatoms. The third kappa shape index (κ3) is 7.16. The summed E-state index contributed by atoms with van der Waals surface area (Å²) in [4.78, 5) is 7.83. The normalized spacial score (nSPS) is 9.61. The van der Waals surface area contributed by atoms with Crippen molar-refractivity contribution in [2.75, 3.05) is 0 Å². The van der Waals surface area contributed by atoms with E-state index in [0.29, 0.717) is 0 Å². The van der Waals surface area contributed by atoms with Gasteiger partial charge in [0, 0.05) is 30.5 Å². The van der Waals surface area contributed by atoms with Crippen LogP contribution in [-0.2, 0) is 0 Å². The van der Waals surface area contributed by atoms with Gasteiger partial charge in [-0.05, 0) is 69.2 Å². The van der Waals surface area contributed by atoms with Crippen LogP contribution in [-0.4, -0.2) is 14.5 Å². The summed E-state index contributed by atoms with van der Waals surface area (Å²) in [6.07, 6.45) is 9.08. The lowest BCUT2D eigenvalue weighted by molar-refractivity contribution is 0.618. The van der Waals surface area contributed by atoms with E-state index in [2.05, 4.69) is 41.2 Å². The molecule has 3 nitrogen and oxygen atoms in total. The number of pyridine rings is 1. The molecule has 2 heterocycles. The molecule has 0 radical (unpaired) electrons. The van der Waals surface area contributed by atoms with Crippen molar-refractivity contribution in [1.82, 2.24) is 14.5 Å². The van der Waals surface area contributed by atoms with Gasteiger partial charge in [-0.1, -0.05) is 35.4 Å². The molecule has 0 saturated carbocycles. The summed E-state index contributed by atoms with van der Waals surface area (Å²) in [5, 5.41) is 0. The molecule has 0 aliphatic rings. The van der Waals surface area contributed by atoms with Gasteiger partial charge in [0.1, 0.15) is 5.82 Å². The van der Waals surface area contributed by atoms with E-state index < -0.39 is 0 Å². The summed E-state index contributed by atoms with van der Waals surface area (Å²) in [6.45, 7) is 7.84. The Morgan fingerprint density at radius 2 is 1.29 bits per heavy atom. The standard InChI is InChI=1S/C10H10N2.C8H9F.C6H7N/c1-9-2-4-10(5-3-9)12-7-6-11-8-12;1-6-3-4-8(9)7(2)5-6;1-6-2-4-7-5-3-6/h2-8H,1H3;3-5H,1-2H3;2-5H,1H3. The number of imidazole rings is 1. The maximum Gasteiger partial charge on any atom is 0.126 e. The SMILES string of the molecule is Cc1ccc(-n2ccnc2)cc1.Cc1ccc(F)c(C)c1.Cc1ccncc1. The van der Waals surface area contributed by atoms with Crippen LogP contribution in [0.3, 0.4) is 0 Å². The molecular formula is C24H26FN3. The highest BCUT2D eigenvalue weighted by Gasteiger charge is 1.93. The van der Waals surface area contributed by atoms with E-state index in [-0.39, 0.29) is 5.82 Å². The van der Waals surface area contributed by atoms with Crippen LogP contribution >= 0.6 is 0 Å². The van der Waals surface area contributed by atoms with E-state index in [1.807, 2.05) is 42.8 Å². The second-order valence-corrected chi connectivity index (χ2v) is 6.58. The van der Waals surface area contributed by atoms with Gasteiger partial charge < -0.3 is 4.57 Å². The molecular weight excluding hydrogens is 349 g/mol. The van der Waals surface area contributed by atoms with E-state index in [1.165, 1.54) is 17.2 Å². The highest BCUT2D eigenvalue weighted by Crippen LogP contribution is 2.08. The molecule has 0 fully saturated rings. The lowest BCUT2D eigenvalue weighted by Gasteiger charge is -2.00. The van der Waals surface area contributed by atoms with Crippen LogP contribution in [0.4, 0.5) is 4.39 Å². The minimum absolute atomic E-state index is 0.124. The fourth-order valence-corrected chi connectivity index (χ4v) is 2.35. The number of hydrogen-bond donors (Lipinski definition) is 0.